The van der Waals surface area contributed by atoms with Gasteiger partial charge in [0.05, 0.1) is 18.5 Å². The molecule has 0 aliphatic carbocycles. The highest BCUT2D eigenvalue weighted by atomic mass is 16.5. The van der Waals surface area contributed by atoms with Gasteiger partial charge in [-0.05, 0) is 19.4 Å². The number of hydrogen-bond donors (Lipinski definition) is 1. The Kier molecular flexibility index (Phi) is 3.98. The molecule has 0 saturated heterocycles. The highest BCUT2D eigenvalue weighted by Gasteiger charge is 2.28. The number of benzene rings is 1. The molecule has 0 fully saturated rings. The first-order chi connectivity index (χ1) is 9.14. The summed E-state index contributed by atoms with van der Waals surface area (Å²) in [5, 5.41) is 7.09. The largest absolute Gasteiger partial charge is 0.338 e. The number of rotatable bonds is 5. The van der Waals surface area contributed by atoms with Crippen LogP contribution in [0.15, 0.2) is 34.9 Å². The second-order valence-electron chi connectivity index (χ2n) is 4.81. The van der Waals surface area contributed by atoms with Crippen molar-refractivity contribution in [3.8, 4) is 12.3 Å². The molecule has 0 aliphatic rings. The monoisotopic (exact) mass is 255 g/mol. The molecule has 2 aromatic rings. The molecule has 19 heavy (non-hydrogen) atoms. The van der Waals surface area contributed by atoms with Gasteiger partial charge >= 0.3 is 0 Å². The zero-order valence-corrected chi connectivity index (χ0v) is 11.2. The number of nitrogens with one attached hydrogen (secondary N) is 1. The SMILES string of the molecule is C#CCNCc1nc(C(C)(C)c2ccccc2)no1. The molecule has 0 spiro atoms. The van der Waals surface area contributed by atoms with Crippen molar-refractivity contribution in [2.45, 2.75) is 25.8 Å². The Labute approximate surface area is 113 Å². The summed E-state index contributed by atoms with van der Waals surface area (Å²) in [6, 6.07) is 10.1. The molecule has 0 unspecified atom stereocenters. The maximum Gasteiger partial charge on any atom is 0.240 e. The van der Waals surface area contributed by atoms with E-state index in [0.29, 0.717) is 24.8 Å². The van der Waals surface area contributed by atoms with Crippen molar-refractivity contribution in [2.75, 3.05) is 6.54 Å². The van der Waals surface area contributed by atoms with Crippen LogP contribution in [-0.4, -0.2) is 16.7 Å². The van der Waals surface area contributed by atoms with Crippen LogP contribution in [0.1, 0.15) is 31.1 Å². The molecule has 4 nitrogen and oxygen atoms in total. The summed E-state index contributed by atoms with van der Waals surface area (Å²) in [5.74, 6) is 3.73. The van der Waals surface area contributed by atoms with Gasteiger partial charge in [-0.2, -0.15) is 4.98 Å². The van der Waals surface area contributed by atoms with Crippen molar-refractivity contribution in [2.24, 2.45) is 0 Å². The fourth-order valence-electron chi connectivity index (χ4n) is 1.81. The molecule has 0 saturated carbocycles. The van der Waals surface area contributed by atoms with Crippen LogP contribution in [-0.2, 0) is 12.0 Å². The van der Waals surface area contributed by atoms with E-state index in [0.717, 1.165) is 5.56 Å². The molecule has 0 atom stereocenters. The van der Waals surface area contributed by atoms with Crippen molar-refractivity contribution in [3.05, 3.63) is 47.6 Å². The summed E-state index contributed by atoms with van der Waals surface area (Å²) in [5.41, 5.74) is 0.869. The Morgan fingerprint density at radius 1 is 1.32 bits per heavy atom. The molecule has 1 aromatic heterocycles. The molecule has 1 heterocycles. The molecule has 98 valence electrons. The lowest BCUT2D eigenvalue weighted by atomic mass is 9.84. The van der Waals surface area contributed by atoms with Crippen molar-refractivity contribution in [1.82, 2.24) is 15.5 Å². The van der Waals surface area contributed by atoms with E-state index in [4.69, 9.17) is 10.9 Å². The van der Waals surface area contributed by atoms with E-state index in [1.807, 2.05) is 18.2 Å². The van der Waals surface area contributed by atoms with Crippen LogP contribution in [0, 0.1) is 12.3 Å². The van der Waals surface area contributed by atoms with E-state index in [2.05, 4.69) is 47.4 Å². The third kappa shape index (κ3) is 3.01. The summed E-state index contributed by atoms with van der Waals surface area (Å²) in [6.07, 6.45) is 5.16. The van der Waals surface area contributed by atoms with E-state index >= 15 is 0 Å². The zero-order valence-electron chi connectivity index (χ0n) is 11.2. The van der Waals surface area contributed by atoms with Gasteiger partial charge in [0.1, 0.15) is 0 Å². The average Bonchev–Trinajstić information content (AvgIpc) is 2.90. The topological polar surface area (TPSA) is 51.0 Å². The van der Waals surface area contributed by atoms with Crippen LogP contribution in [0.2, 0.25) is 0 Å². The lowest BCUT2D eigenvalue weighted by Gasteiger charge is -2.20. The number of hydrogen-bond acceptors (Lipinski definition) is 4. The number of terminal acetylenes is 1. The molecule has 2 rings (SSSR count). The van der Waals surface area contributed by atoms with E-state index in [1.54, 1.807) is 0 Å². The van der Waals surface area contributed by atoms with Gasteiger partial charge in [-0.1, -0.05) is 41.4 Å². The summed E-state index contributed by atoms with van der Waals surface area (Å²) in [6.45, 7) is 5.12. The molecule has 0 bridgehead atoms. The summed E-state index contributed by atoms with van der Waals surface area (Å²) < 4.78 is 5.23. The van der Waals surface area contributed by atoms with Crippen molar-refractivity contribution < 1.29 is 4.52 Å². The van der Waals surface area contributed by atoms with Gasteiger partial charge in [0.25, 0.3) is 0 Å². The quantitative estimate of drug-likeness (QED) is 0.657. The maximum absolute atomic E-state index is 5.23. The molecular formula is C15H17N3O. The van der Waals surface area contributed by atoms with Gasteiger partial charge in [-0.15, -0.1) is 6.42 Å². The first kappa shape index (κ1) is 13.3. The molecular weight excluding hydrogens is 238 g/mol. The Morgan fingerprint density at radius 3 is 2.74 bits per heavy atom. The summed E-state index contributed by atoms with van der Waals surface area (Å²) in [4.78, 5) is 4.42. The Hall–Kier alpha value is -2.12. The second kappa shape index (κ2) is 5.68. The molecule has 1 N–H and O–H groups in total. The lowest BCUT2D eigenvalue weighted by molar-refractivity contribution is 0.359. The maximum atomic E-state index is 5.23. The first-order valence-electron chi connectivity index (χ1n) is 6.17. The number of aromatic nitrogens is 2. The average molecular weight is 255 g/mol. The third-order valence-electron chi connectivity index (χ3n) is 3.03. The molecule has 1 aromatic carbocycles. The van der Waals surface area contributed by atoms with Gasteiger partial charge in [0.2, 0.25) is 5.89 Å². The van der Waals surface area contributed by atoms with Crippen LogP contribution < -0.4 is 5.32 Å². The van der Waals surface area contributed by atoms with Gasteiger partial charge in [0, 0.05) is 0 Å². The van der Waals surface area contributed by atoms with E-state index < -0.39 is 0 Å². The standard InChI is InChI=1S/C15H17N3O/c1-4-10-16-11-13-17-14(18-19-13)15(2,3)12-8-6-5-7-9-12/h1,5-9,16H,10-11H2,2-3H3. The Balaban J connectivity index is 2.16. The highest BCUT2D eigenvalue weighted by Crippen LogP contribution is 2.28. The first-order valence-corrected chi connectivity index (χ1v) is 6.17. The van der Waals surface area contributed by atoms with Crippen molar-refractivity contribution >= 4 is 0 Å². The zero-order chi connectivity index (χ0) is 13.7. The van der Waals surface area contributed by atoms with Gasteiger partial charge in [-0.25, -0.2) is 0 Å². The van der Waals surface area contributed by atoms with Gasteiger partial charge < -0.3 is 4.52 Å². The summed E-state index contributed by atoms with van der Waals surface area (Å²) >= 11 is 0. The second-order valence-corrected chi connectivity index (χ2v) is 4.81. The van der Waals surface area contributed by atoms with Crippen LogP contribution in [0.25, 0.3) is 0 Å². The third-order valence-corrected chi connectivity index (χ3v) is 3.03. The smallest absolute Gasteiger partial charge is 0.240 e. The molecule has 0 aliphatic heterocycles. The Bertz CT molecular complexity index is 567. The molecule has 0 radical (unpaired) electrons. The fourth-order valence-corrected chi connectivity index (χ4v) is 1.81. The molecule has 4 heteroatoms. The highest BCUT2D eigenvalue weighted by molar-refractivity contribution is 5.30. The van der Waals surface area contributed by atoms with E-state index in [1.165, 1.54) is 0 Å². The van der Waals surface area contributed by atoms with Crippen molar-refractivity contribution in [3.63, 3.8) is 0 Å². The van der Waals surface area contributed by atoms with Crippen LogP contribution >= 0.6 is 0 Å². The van der Waals surface area contributed by atoms with Gasteiger partial charge in [0.15, 0.2) is 5.82 Å². The van der Waals surface area contributed by atoms with Crippen LogP contribution in [0.3, 0.4) is 0 Å². The van der Waals surface area contributed by atoms with Crippen molar-refractivity contribution in [1.29, 1.82) is 0 Å². The minimum Gasteiger partial charge on any atom is -0.338 e. The molecule has 0 amide bonds. The van der Waals surface area contributed by atoms with E-state index in [-0.39, 0.29) is 5.41 Å². The number of nitrogens with zero attached hydrogens (tertiary/aromatic N) is 2. The normalized spacial score (nSPS) is 11.2. The fraction of sp³-hybridized carbons (Fsp3) is 0.333. The van der Waals surface area contributed by atoms with Crippen LogP contribution in [0.5, 0.6) is 0 Å². The predicted octanol–water partition coefficient (Wildman–Crippen LogP) is 2.12. The summed E-state index contributed by atoms with van der Waals surface area (Å²) in [7, 11) is 0. The van der Waals surface area contributed by atoms with Gasteiger partial charge in [-0.3, -0.25) is 5.32 Å². The Morgan fingerprint density at radius 2 is 2.05 bits per heavy atom. The lowest BCUT2D eigenvalue weighted by Crippen LogP contribution is -2.21. The minimum absolute atomic E-state index is 0.283. The van der Waals surface area contributed by atoms with E-state index in [9.17, 15) is 0 Å². The van der Waals surface area contributed by atoms with Crippen LogP contribution in [0.4, 0.5) is 0 Å². The minimum atomic E-state index is -0.283. The predicted molar refractivity (Wildman–Crippen MR) is 73.4 cm³/mol.